The molecule has 0 amide bonds. The second kappa shape index (κ2) is 4.44. The molecule has 0 aromatic heterocycles. The monoisotopic (exact) mass is 268 g/mol. The quantitative estimate of drug-likeness (QED) is 0.709. The van der Waals surface area contributed by atoms with Crippen LogP contribution >= 0.6 is 18.6 Å². The van der Waals surface area contributed by atoms with E-state index in [2.05, 4.69) is 0 Å². The van der Waals surface area contributed by atoms with Crippen LogP contribution in [0.5, 0.6) is 5.75 Å². The summed E-state index contributed by atoms with van der Waals surface area (Å²) in [6.45, 7) is 6.03. The Bertz CT molecular complexity index is 293. The molecule has 1 aromatic carbocycles. The first-order valence-electron chi connectivity index (χ1n) is 4.45. The van der Waals surface area contributed by atoms with E-state index >= 15 is 0 Å². The summed E-state index contributed by atoms with van der Waals surface area (Å²) in [5.74, 6) is 0.757. The molecule has 0 aliphatic rings. The number of hydrogen-bond acceptors (Lipinski definition) is 1. The Labute approximate surface area is 97.0 Å². The van der Waals surface area contributed by atoms with E-state index in [1.54, 1.807) is 0 Å². The maximum atomic E-state index is 6.28. The summed E-state index contributed by atoms with van der Waals surface area (Å²) in [5, 5.41) is 0. The molecule has 0 saturated carbocycles. The van der Waals surface area contributed by atoms with E-state index in [9.17, 15) is 0 Å². The van der Waals surface area contributed by atoms with E-state index in [-0.39, 0.29) is 3.72 Å². The fourth-order valence-corrected chi connectivity index (χ4v) is 2.68. The molecule has 0 aliphatic heterocycles. The van der Waals surface area contributed by atoms with Gasteiger partial charge in [0, 0.05) is 0 Å². The first kappa shape index (κ1) is 12.4. The van der Waals surface area contributed by atoms with Crippen LogP contribution in [0.25, 0.3) is 0 Å². The van der Waals surface area contributed by atoms with Gasteiger partial charge in [-0.25, -0.2) is 0 Å². The number of halogens is 2. The molecule has 14 heavy (non-hydrogen) atoms. The predicted octanol–water partition coefficient (Wildman–Crippen LogP) is 4.66. The van der Waals surface area contributed by atoms with Gasteiger partial charge >= 0.3 is 97.4 Å². The minimum atomic E-state index is -3.22. The van der Waals surface area contributed by atoms with E-state index in [1.807, 2.05) is 51.1 Å². The molecule has 1 aromatic rings. The molecule has 0 saturated heterocycles. The van der Waals surface area contributed by atoms with Crippen molar-refractivity contribution in [3.63, 3.8) is 0 Å². The zero-order valence-electron chi connectivity index (χ0n) is 8.55. The Balaban J connectivity index is 2.79. The maximum absolute atomic E-state index is 6.28. The first-order chi connectivity index (χ1) is 6.33. The molecule has 0 aliphatic carbocycles. The Morgan fingerprint density at radius 3 is 2.00 bits per heavy atom. The van der Waals surface area contributed by atoms with Crippen molar-refractivity contribution < 1.29 is 18.2 Å². The predicted molar refractivity (Wildman–Crippen MR) is 58.5 cm³/mol. The standard InChI is InChI=1S/C6H6O.C4H9.2ClH.Ti/c7-6-4-2-1-3-5-6;1-4(2)3;;;/h1-5,7H;1-3H3;2*1H;/q;;;;+3/p-3. The van der Waals surface area contributed by atoms with Gasteiger partial charge in [-0.2, -0.15) is 0 Å². The molecule has 0 unspecified atom stereocenters. The third-order valence-corrected chi connectivity index (χ3v) is 10.7. The summed E-state index contributed by atoms with van der Waals surface area (Å²) < 4.78 is 5.53. The molecule has 78 valence electrons. The van der Waals surface area contributed by atoms with Crippen LogP contribution in [0.1, 0.15) is 20.8 Å². The minimum absolute atomic E-state index is 0.154. The summed E-state index contributed by atoms with van der Waals surface area (Å²) in [4.78, 5) is 0. The summed E-state index contributed by atoms with van der Waals surface area (Å²) in [6, 6.07) is 9.49. The van der Waals surface area contributed by atoms with E-state index < -0.39 is 14.9 Å². The van der Waals surface area contributed by atoms with Crippen molar-refractivity contribution in [3.05, 3.63) is 30.3 Å². The fourth-order valence-electron chi connectivity index (χ4n) is 0.790. The van der Waals surface area contributed by atoms with Crippen molar-refractivity contribution in [1.82, 2.24) is 0 Å². The molecule has 0 radical (unpaired) electrons. The van der Waals surface area contributed by atoms with Crippen LogP contribution in [0, 0.1) is 0 Å². The van der Waals surface area contributed by atoms with Crippen molar-refractivity contribution in [1.29, 1.82) is 0 Å². The van der Waals surface area contributed by atoms with Gasteiger partial charge in [-0.05, 0) is 0 Å². The molecule has 0 N–H and O–H groups in total. The summed E-state index contributed by atoms with van der Waals surface area (Å²) in [5.41, 5.74) is 0. The normalized spacial score (nSPS) is 12.6. The Kier molecular flexibility index (Phi) is 3.93. The topological polar surface area (TPSA) is 9.23 Å². The number of para-hydroxylation sites is 1. The first-order valence-corrected chi connectivity index (χ1v) is 10.2. The van der Waals surface area contributed by atoms with Crippen LogP contribution in [-0.2, 0) is 14.9 Å². The van der Waals surface area contributed by atoms with Crippen LogP contribution in [0.15, 0.2) is 30.3 Å². The molecule has 4 heteroatoms. The van der Waals surface area contributed by atoms with Crippen LogP contribution < -0.4 is 3.32 Å². The zero-order valence-corrected chi connectivity index (χ0v) is 11.6. The van der Waals surface area contributed by atoms with Gasteiger partial charge in [-0.15, -0.1) is 0 Å². The number of benzene rings is 1. The molecule has 0 atom stereocenters. The Hall–Kier alpha value is 0.314. The van der Waals surface area contributed by atoms with Gasteiger partial charge in [0.15, 0.2) is 0 Å². The molecule has 0 spiro atoms. The number of hydrogen-bond donors (Lipinski definition) is 0. The second-order valence-corrected chi connectivity index (χ2v) is 13.6. The third kappa shape index (κ3) is 3.17. The van der Waals surface area contributed by atoms with E-state index in [0.29, 0.717) is 0 Å². The molecule has 1 rings (SSSR count). The van der Waals surface area contributed by atoms with Gasteiger partial charge in [0.25, 0.3) is 0 Å². The molecule has 0 fully saturated rings. The van der Waals surface area contributed by atoms with Crippen molar-refractivity contribution >= 4 is 18.6 Å². The van der Waals surface area contributed by atoms with Crippen LogP contribution in [0.3, 0.4) is 0 Å². The van der Waals surface area contributed by atoms with Crippen molar-refractivity contribution in [2.24, 2.45) is 0 Å². The third-order valence-electron chi connectivity index (χ3n) is 1.86. The van der Waals surface area contributed by atoms with Crippen LogP contribution in [0.4, 0.5) is 0 Å². The zero-order chi connectivity index (χ0) is 10.8. The van der Waals surface area contributed by atoms with Gasteiger partial charge in [-0.1, -0.05) is 0 Å². The van der Waals surface area contributed by atoms with Gasteiger partial charge < -0.3 is 0 Å². The summed E-state index contributed by atoms with van der Waals surface area (Å²) in [6.07, 6.45) is 0. The fraction of sp³-hybridized carbons (Fsp3) is 0.400. The summed E-state index contributed by atoms with van der Waals surface area (Å²) >= 11 is -3.22. The van der Waals surface area contributed by atoms with E-state index in [0.717, 1.165) is 5.75 Å². The van der Waals surface area contributed by atoms with Gasteiger partial charge in [0.05, 0.1) is 0 Å². The van der Waals surface area contributed by atoms with Crippen LogP contribution in [0.2, 0.25) is 3.72 Å². The molecular weight excluding hydrogens is 255 g/mol. The SMILES string of the molecule is C[C](C)(C)[Ti]([Cl])([Cl])[O]c1ccccc1. The van der Waals surface area contributed by atoms with E-state index in [4.69, 9.17) is 21.9 Å². The second-order valence-electron chi connectivity index (χ2n) is 4.18. The van der Waals surface area contributed by atoms with E-state index in [1.165, 1.54) is 0 Å². The average Bonchev–Trinajstić information content (AvgIpc) is 2.03. The molecule has 0 heterocycles. The number of rotatable bonds is 2. The van der Waals surface area contributed by atoms with Crippen molar-refractivity contribution in [2.75, 3.05) is 0 Å². The van der Waals surface area contributed by atoms with Crippen molar-refractivity contribution in [3.8, 4) is 5.75 Å². The molecule has 1 nitrogen and oxygen atoms in total. The van der Waals surface area contributed by atoms with Crippen LogP contribution in [-0.4, -0.2) is 0 Å². The van der Waals surface area contributed by atoms with Gasteiger partial charge in [0.2, 0.25) is 0 Å². The summed E-state index contributed by atoms with van der Waals surface area (Å²) in [7, 11) is 12.6. The van der Waals surface area contributed by atoms with Gasteiger partial charge in [-0.3, -0.25) is 0 Å². The van der Waals surface area contributed by atoms with Crippen molar-refractivity contribution in [2.45, 2.75) is 24.5 Å². The Morgan fingerprint density at radius 2 is 1.57 bits per heavy atom. The van der Waals surface area contributed by atoms with Gasteiger partial charge in [0.1, 0.15) is 0 Å². The Morgan fingerprint density at radius 1 is 1.07 bits per heavy atom. The molecular formula is C10H14Cl2OTi. The molecule has 0 bridgehead atoms. The average molecular weight is 269 g/mol.